The van der Waals surface area contributed by atoms with Crippen LogP contribution in [-0.2, 0) is 10.3 Å². The molecule has 0 aliphatic carbocycles. The Labute approximate surface area is 166 Å². The van der Waals surface area contributed by atoms with E-state index in [1.807, 2.05) is 56.0 Å². The molecule has 0 aromatic heterocycles. The van der Waals surface area contributed by atoms with E-state index in [2.05, 4.69) is 6.07 Å². The van der Waals surface area contributed by atoms with Crippen molar-refractivity contribution in [1.29, 1.82) is 0 Å². The molecular weight excluding hydrogens is 354 g/mol. The number of hydrogen-bond acceptors (Lipinski definition) is 4. The summed E-state index contributed by atoms with van der Waals surface area (Å²) >= 11 is 0. The number of hydrogen-bond donors (Lipinski definition) is 1. The van der Waals surface area contributed by atoms with E-state index in [9.17, 15) is 9.90 Å². The quantitative estimate of drug-likeness (QED) is 0.823. The molecule has 1 N–H and O–H groups in total. The Kier molecular flexibility index (Phi) is 4.53. The van der Waals surface area contributed by atoms with Gasteiger partial charge in [-0.25, -0.2) is 4.79 Å². The summed E-state index contributed by atoms with van der Waals surface area (Å²) in [4.78, 5) is 14.5. The maximum absolute atomic E-state index is 12.7. The van der Waals surface area contributed by atoms with Crippen molar-refractivity contribution >= 4 is 16.9 Å². The van der Waals surface area contributed by atoms with Crippen LogP contribution < -0.4 is 4.74 Å². The summed E-state index contributed by atoms with van der Waals surface area (Å²) in [6.07, 6.45) is 2.66. The van der Waals surface area contributed by atoms with Crippen molar-refractivity contribution in [2.24, 2.45) is 0 Å². The topological polar surface area (TPSA) is 59.0 Å². The molecule has 2 fully saturated rings. The van der Waals surface area contributed by atoms with Crippen LogP contribution in [-0.4, -0.2) is 40.9 Å². The van der Waals surface area contributed by atoms with Crippen LogP contribution in [0, 0.1) is 0 Å². The Balaban J connectivity index is 1.59. The Hall–Kier alpha value is -2.27. The fourth-order valence-corrected chi connectivity index (χ4v) is 4.71. The van der Waals surface area contributed by atoms with Gasteiger partial charge in [-0.05, 0) is 68.1 Å². The molecular formula is C23H29NO4. The molecule has 2 heterocycles. The van der Waals surface area contributed by atoms with Crippen molar-refractivity contribution in [2.75, 3.05) is 7.11 Å². The van der Waals surface area contributed by atoms with Crippen molar-refractivity contribution in [3.05, 3.63) is 42.0 Å². The Morgan fingerprint density at radius 3 is 2.29 bits per heavy atom. The second kappa shape index (κ2) is 6.66. The van der Waals surface area contributed by atoms with E-state index in [4.69, 9.17) is 9.47 Å². The summed E-state index contributed by atoms with van der Waals surface area (Å²) in [5.41, 5.74) is -0.506. The number of methoxy groups -OCH3 is 1. The fourth-order valence-electron chi connectivity index (χ4n) is 4.71. The van der Waals surface area contributed by atoms with Crippen molar-refractivity contribution < 1.29 is 19.4 Å². The van der Waals surface area contributed by atoms with Crippen molar-refractivity contribution in [1.82, 2.24) is 4.90 Å². The second-order valence-corrected chi connectivity index (χ2v) is 9.14. The minimum absolute atomic E-state index is 0.0187. The lowest BCUT2D eigenvalue weighted by molar-refractivity contribution is -0.0623. The number of carbonyl (C=O) groups excluding carboxylic acids is 1. The third kappa shape index (κ3) is 3.44. The van der Waals surface area contributed by atoms with Crippen LogP contribution in [0.1, 0.15) is 52.0 Å². The van der Waals surface area contributed by atoms with Gasteiger partial charge in [-0.1, -0.05) is 18.2 Å². The van der Waals surface area contributed by atoms with E-state index in [1.165, 1.54) is 0 Å². The monoisotopic (exact) mass is 383 g/mol. The van der Waals surface area contributed by atoms with Gasteiger partial charge in [-0.15, -0.1) is 0 Å². The van der Waals surface area contributed by atoms with Gasteiger partial charge in [-0.3, -0.25) is 0 Å². The molecule has 2 atom stereocenters. The standard InChI is InChI=1S/C23H29NO4/c1-22(2,3)28-21(25)24-18-8-9-19(24)14-23(26,13-18)17-7-5-16-12-20(27-4)10-6-15(16)11-17/h5-7,10-12,18-19,26H,8-9,13-14H2,1-4H3/t18-,19-/m0/s1. The number of fused-ring (bicyclic) bond motifs is 3. The molecule has 2 bridgehead atoms. The van der Waals surface area contributed by atoms with Gasteiger partial charge in [0, 0.05) is 24.9 Å². The number of benzene rings is 2. The highest BCUT2D eigenvalue weighted by molar-refractivity contribution is 5.84. The van der Waals surface area contributed by atoms with E-state index in [0.29, 0.717) is 12.8 Å². The maximum Gasteiger partial charge on any atom is 0.410 e. The molecule has 0 unspecified atom stereocenters. The average molecular weight is 383 g/mol. The van der Waals surface area contributed by atoms with Crippen LogP contribution >= 0.6 is 0 Å². The summed E-state index contributed by atoms with van der Waals surface area (Å²) in [5, 5.41) is 13.7. The molecule has 4 rings (SSSR count). The number of amides is 1. The van der Waals surface area contributed by atoms with Gasteiger partial charge in [0.2, 0.25) is 0 Å². The zero-order valence-corrected chi connectivity index (χ0v) is 17.1. The number of piperidine rings is 1. The van der Waals surface area contributed by atoms with Crippen LogP contribution in [0.5, 0.6) is 5.75 Å². The first-order valence-electron chi connectivity index (χ1n) is 10.0. The minimum Gasteiger partial charge on any atom is -0.497 e. The van der Waals surface area contributed by atoms with Gasteiger partial charge < -0.3 is 19.5 Å². The van der Waals surface area contributed by atoms with Gasteiger partial charge in [0.1, 0.15) is 11.4 Å². The maximum atomic E-state index is 12.7. The van der Waals surface area contributed by atoms with Gasteiger partial charge in [0.15, 0.2) is 0 Å². The van der Waals surface area contributed by atoms with Gasteiger partial charge in [0.25, 0.3) is 0 Å². The lowest BCUT2D eigenvalue weighted by atomic mass is 9.80. The third-order valence-corrected chi connectivity index (χ3v) is 5.96. The molecule has 28 heavy (non-hydrogen) atoms. The Morgan fingerprint density at radius 2 is 1.68 bits per heavy atom. The number of carbonyl (C=O) groups is 1. The van der Waals surface area contributed by atoms with E-state index in [0.717, 1.165) is 34.9 Å². The number of nitrogens with zero attached hydrogens (tertiary/aromatic N) is 1. The SMILES string of the molecule is COc1ccc2cc(C3(O)C[C@@H]4CC[C@@H](C3)N4C(=O)OC(C)(C)C)ccc2c1. The first-order chi connectivity index (χ1) is 13.2. The van der Waals surface area contributed by atoms with Gasteiger partial charge in [0.05, 0.1) is 12.7 Å². The third-order valence-electron chi connectivity index (χ3n) is 5.96. The molecule has 2 aromatic rings. The highest BCUT2D eigenvalue weighted by atomic mass is 16.6. The molecule has 0 saturated carbocycles. The fraction of sp³-hybridized carbons (Fsp3) is 0.522. The number of ether oxygens (including phenoxy) is 2. The van der Waals surface area contributed by atoms with Crippen LogP contribution in [0.4, 0.5) is 4.79 Å². The van der Waals surface area contributed by atoms with Gasteiger partial charge >= 0.3 is 6.09 Å². The lowest BCUT2D eigenvalue weighted by Crippen LogP contribution is -2.53. The van der Waals surface area contributed by atoms with E-state index in [1.54, 1.807) is 7.11 Å². The van der Waals surface area contributed by atoms with Crippen molar-refractivity contribution in [3.8, 4) is 5.75 Å². The van der Waals surface area contributed by atoms with Crippen LogP contribution in [0.3, 0.4) is 0 Å². The van der Waals surface area contributed by atoms with Crippen LogP contribution in [0.2, 0.25) is 0 Å². The Bertz CT molecular complexity index is 887. The summed E-state index contributed by atoms with van der Waals surface area (Å²) in [5.74, 6) is 0.822. The largest absolute Gasteiger partial charge is 0.497 e. The molecule has 2 aromatic carbocycles. The average Bonchev–Trinajstić information content (AvgIpc) is 2.92. The summed E-state index contributed by atoms with van der Waals surface area (Å²) in [6.45, 7) is 5.66. The molecule has 0 spiro atoms. The molecule has 1 amide bonds. The molecule has 150 valence electrons. The predicted octanol–water partition coefficient (Wildman–Crippen LogP) is 4.60. The summed E-state index contributed by atoms with van der Waals surface area (Å²) in [7, 11) is 1.66. The Morgan fingerprint density at radius 1 is 1.07 bits per heavy atom. The highest BCUT2D eigenvalue weighted by Crippen LogP contribution is 2.46. The van der Waals surface area contributed by atoms with Gasteiger partial charge in [-0.2, -0.15) is 0 Å². The first-order valence-corrected chi connectivity index (χ1v) is 10.0. The van der Waals surface area contributed by atoms with Crippen molar-refractivity contribution in [3.63, 3.8) is 0 Å². The summed E-state index contributed by atoms with van der Waals surface area (Å²) < 4.78 is 10.9. The number of aliphatic hydroxyl groups is 1. The molecule has 2 aliphatic rings. The second-order valence-electron chi connectivity index (χ2n) is 9.14. The smallest absolute Gasteiger partial charge is 0.410 e. The van der Waals surface area contributed by atoms with E-state index in [-0.39, 0.29) is 18.2 Å². The molecule has 5 heteroatoms. The zero-order chi connectivity index (χ0) is 20.1. The summed E-state index contributed by atoms with van der Waals surface area (Å²) in [6, 6.07) is 12.1. The lowest BCUT2D eigenvalue weighted by Gasteiger charge is -2.44. The zero-order valence-electron chi connectivity index (χ0n) is 17.1. The molecule has 2 aliphatic heterocycles. The normalized spacial score (nSPS) is 27.1. The van der Waals surface area contributed by atoms with E-state index < -0.39 is 11.2 Å². The minimum atomic E-state index is -0.918. The number of rotatable bonds is 2. The first kappa shape index (κ1) is 19.1. The highest BCUT2D eigenvalue weighted by Gasteiger charge is 2.51. The van der Waals surface area contributed by atoms with Crippen molar-refractivity contribution in [2.45, 2.75) is 69.7 Å². The van der Waals surface area contributed by atoms with Crippen LogP contribution in [0.15, 0.2) is 36.4 Å². The molecule has 2 saturated heterocycles. The van der Waals surface area contributed by atoms with E-state index >= 15 is 0 Å². The van der Waals surface area contributed by atoms with Crippen LogP contribution in [0.25, 0.3) is 10.8 Å². The molecule has 5 nitrogen and oxygen atoms in total. The predicted molar refractivity (Wildman–Crippen MR) is 109 cm³/mol. The molecule has 0 radical (unpaired) electrons.